The molecule has 1 unspecified atom stereocenters. The molecular weight excluding hydrogens is 330 g/mol. The van der Waals surface area contributed by atoms with Crippen molar-refractivity contribution in [1.29, 1.82) is 0 Å². The van der Waals surface area contributed by atoms with Crippen LogP contribution in [0, 0.1) is 20.8 Å². The van der Waals surface area contributed by atoms with Crippen molar-refractivity contribution < 1.29 is 0 Å². The molecule has 0 aliphatic heterocycles. The zero-order valence-electron chi connectivity index (χ0n) is 12.6. The third-order valence-corrected chi connectivity index (χ3v) is 4.83. The summed E-state index contributed by atoms with van der Waals surface area (Å²) in [5, 5.41) is 3.70. The van der Waals surface area contributed by atoms with E-state index in [4.69, 9.17) is 0 Å². The summed E-state index contributed by atoms with van der Waals surface area (Å²) in [5.74, 6) is 0. The molecule has 1 aromatic carbocycles. The number of nitrogens with one attached hydrogen (secondary N) is 1. The predicted molar refractivity (Wildman–Crippen MR) is 92.8 cm³/mol. The first-order valence-electron chi connectivity index (χ1n) is 7.08. The lowest BCUT2D eigenvalue weighted by Gasteiger charge is -2.20. The van der Waals surface area contributed by atoms with E-state index in [2.05, 4.69) is 73.2 Å². The molecular formula is C17H22BrNS. The zero-order chi connectivity index (χ0) is 14.7. The number of benzene rings is 1. The van der Waals surface area contributed by atoms with Crippen LogP contribution in [0.1, 0.15) is 45.8 Å². The molecule has 0 fully saturated rings. The number of aryl methyl sites for hydroxylation is 3. The van der Waals surface area contributed by atoms with Gasteiger partial charge in [0.15, 0.2) is 0 Å². The van der Waals surface area contributed by atoms with Crippen LogP contribution in [0.2, 0.25) is 0 Å². The summed E-state index contributed by atoms with van der Waals surface area (Å²) < 4.78 is 1.15. The summed E-state index contributed by atoms with van der Waals surface area (Å²) in [6, 6.07) is 9.28. The average Bonchev–Trinajstić information content (AvgIpc) is 2.68. The molecule has 1 nitrogen and oxygen atoms in total. The Labute approximate surface area is 134 Å². The zero-order valence-corrected chi connectivity index (χ0v) is 15.0. The minimum Gasteiger partial charge on any atom is -0.306 e. The number of halogens is 1. The lowest BCUT2D eigenvalue weighted by molar-refractivity contribution is 0.597. The van der Waals surface area contributed by atoms with Gasteiger partial charge in [-0.05, 0) is 68.6 Å². The van der Waals surface area contributed by atoms with Crippen LogP contribution in [0.25, 0.3) is 0 Å². The number of thiophene rings is 1. The van der Waals surface area contributed by atoms with Gasteiger partial charge in [0.25, 0.3) is 0 Å². The van der Waals surface area contributed by atoms with Crippen LogP contribution in [0.15, 0.2) is 28.7 Å². The van der Waals surface area contributed by atoms with Gasteiger partial charge >= 0.3 is 0 Å². The van der Waals surface area contributed by atoms with Gasteiger partial charge in [-0.3, -0.25) is 0 Å². The quantitative estimate of drug-likeness (QED) is 0.747. The molecule has 1 N–H and O–H groups in total. The molecule has 3 heteroatoms. The Bertz CT molecular complexity index is 568. The predicted octanol–water partition coefficient (Wildman–Crippen LogP) is 5.52. The lowest BCUT2D eigenvalue weighted by atomic mass is 9.97. The fourth-order valence-corrected chi connectivity index (χ4v) is 4.15. The van der Waals surface area contributed by atoms with Gasteiger partial charge in [0, 0.05) is 14.2 Å². The van der Waals surface area contributed by atoms with Gasteiger partial charge in [0.1, 0.15) is 0 Å². The van der Waals surface area contributed by atoms with Crippen molar-refractivity contribution in [3.8, 4) is 0 Å². The smallest absolute Gasteiger partial charge is 0.0588 e. The fraction of sp³-hybridized carbons (Fsp3) is 0.412. The largest absolute Gasteiger partial charge is 0.306 e. The van der Waals surface area contributed by atoms with E-state index in [1.54, 1.807) is 0 Å². The van der Waals surface area contributed by atoms with Crippen LogP contribution in [0.5, 0.6) is 0 Å². The maximum absolute atomic E-state index is 3.70. The van der Waals surface area contributed by atoms with E-state index in [0.29, 0.717) is 0 Å². The monoisotopic (exact) mass is 351 g/mol. The molecule has 0 spiro atoms. The van der Waals surface area contributed by atoms with Crippen molar-refractivity contribution >= 4 is 27.3 Å². The average molecular weight is 352 g/mol. The first-order valence-corrected chi connectivity index (χ1v) is 8.69. The van der Waals surface area contributed by atoms with Crippen molar-refractivity contribution in [3.63, 3.8) is 0 Å². The highest BCUT2D eigenvalue weighted by Gasteiger charge is 2.18. The van der Waals surface area contributed by atoms with E-state index in [1.165, 1.54) is 26.4 Å². The van der Waals surface area contributed by atoms with Crippen molar-refractivity contribution in [2.45, 2.75) is 40.2 Å². The number of hydrogen-bond donors (Lipinski definition) is 1. The lowest BCUT2D eigenvalue weighted by Crippen LogP contribution is -2.23. The van der Waals surface area contributed by atoms with E-state index in [-0.39, 0.29) is 6.04 Å². The van der Waals surface area contributed by atoms with Crippen LogP contribution in [0.3, 0.4) is 0 Å². The molecule has 1 atom stereocenters. The standard InChI is InChI=1S/C17H22BrNS/c1-5-6-19-17(16-9-12(3)20-13(16)4)14-7-11(2)8-15(18)10-14/h7-10,17,19H,5-6H2,1-4H3. The summed E-state index contributed by atoms with van der Waals surface area (Å²) >= 11 is 5.50. The summed E-state index contributed by atoms with van der Waals surface area (Å²) in [4.78, 5) is 2.79. The van der Waals surface area contributed by atoms with Crippen LogP contribution < -0.4 is 5.32 Å². The van der Waals surface area contributed by atoms with E-state index in [0.717, 1.165) is 17.4 Å². The second kappa shape index (κ2) is 6.88. The van der Waals surface area contributed by atoms with Crippen LogP contribution >= 0.6 is 27.3 Å². The second-order valence-corrected chi connectivity index (χ2v) is 7.69. The third-order valence-electron chi connectivity index (χ3n) is 3.39. The van der Waals surface area contributed by atoms with Crippen molar-refractivity contribution in [3.05, 3.63) is 55.2 Å². The second-order valence-electron chi connectivity index (χ2n) is 5.32. The summed E-state index contributed by atoms with van der Waals surface area (Å²) in [6.45, 7) is 9.80. The van der Waals surface area contributed by atoms with E-state index >= 15 is 0 Å². The Hall–Kier alpha value is -0.640. The van der Waals surface area contributed by atoms with Crippen LogP contribution in [-0.4, -0.2) is 6.54 Å². The van der Waals surface area contributed by atoms with Gasteiger partial charge < -0.3 is 5.32 Å². The first kappa shape index (κ1) is 15.7. The topological polar surface area (TPSA) is 12.0 Å². The minimum absolute atomic E-state index is 0.288. The third kappa shape index (κ3) is 3.72. The normalized spacial score (nSPS) is 12.7. The van der Waals surface area contributed by atoms with Gasteiger partial charge in [-0.25, -0.2) is 0 Å². The van der Waals surface area contributed by atoms with Crippen LogP contribution in [-0.2, 0) is 0 Å². The Morgan fingerprint density at radius 3 is 2.45 bits per heavy atom. The van der Waals surface area contributed by atoms with Gasteiger partial charge in [-0.1, -0.05) is 28.9 Å². The van der Waals surface area contributed by atoms with Crippen molar-refractivity contribution in [2.24, 2.45) is 0 Å². The van der Waals surface area contributed by atoms with Gasteiger partial charge in [-0.15, -0.1) is 11.3 Å². The Morgan fingerprint density at radius 1 is 1.15 bits per heavy atom. The maximum Gasteiger partial charge on any atom is 0.0588 e. The molecule has 20 heavy (non-hydrogen) atoms. The number of hydrogen-bond acceptors (Lipinski definition) is 2. The highest BCUT2D eigenvalue weighted by molar-refractivity contribution is 9.10. The Balaban J connectivity index is 2.43. The van der Waals surface area contributed by atoms with Crippen molar-refractivity contribution in [1.82, 2.24) is 5.32 Å². The first-order chi connectivity index (χ1) is 9.51. The summed E-state index contributed by atoms with van der Waals surface area (Å²) in [5.41, 5.74) is 4.05. The van der Waals surface area contributed by atoms with Gasteiger partial charge in [0.2, 0.25) is 0 Å². The Kier molecular flexibility index (Phi) is 5.42. The van der Waals surface area contributed by atoms with Crippen LogP contribution in [0.4, 0.5) is 0 Å². The molecule has 108 valence electrons. The molecule has 0 saturated heterocycles. The summed E-state index contributed by atoms with van der Waals surface area (Å²) in [7, 11) is 0. The molecule has 2 aromatic rings. The highest BCUT2D eigenvalue weighted by Crippen LogP contribution is 2.32. The highest BCUT2D eigenvalue weighted by atomic mass is 79.9. The Morgan fingerprint density at radius 2 is 1.90 bits per heavy atom. The van der Waals surface area contributed by atoms with Gasteiger partial charge in [0.05, 0.1) is 6.04 Å². The SMILES string of the molecule is CCCNC(c1cc(C)cc(Br)c1)c1cc(C)sc1C. The molecule has 0 amide bonds. The van der Waals surface area contributed by atoms with E-state index in [9.17, 15) is 0 Å². The molecule has 0 bridgehead atoms. The number of rotatable bonds is 5. The van der Waals surface area contributed by atoms with E-state index in [1.807, 2.05) is 11.3 Å². The fourth-order valence-electron chi connectivity index (χ4n) is 2.56. The molecule has 1 heterocycles. The minimum atomic E-state index is 0.288. The molecule has 0 radical (unpaired) electrons. The molecule has 1 aromatic heterocycles. The van der Waals surface area contributed by atoms with E-state index < -0.39 is 0 Å². The van der Waals surface area contributed by atoms with Gasteiger partial charge in [-0.2, -0.15) is 0 Å². The maximum atomic E-state index is 3.70. The molecule has 2 rings (SSSR count). The van der Waals surface area contributed by atoms with Crippen molar-refractivity contribution in [2.75, 3.05) is 6.54 Å². The molecule has 0 saturated carbocycles. The summed E-state index contributed by atoms with van der Waals surface area (Å²) in [6.07, 6.45) is 1.14. The molecule has 0 aliphatic carbocycles. The molecule has 0 aliphatic rings.